The highest BCUT2D eigenvalue weighted by Crippen LogP contribution is 2.10. The summed E-state index contributed by atoms with van der Waals surface area (Å²) in [5.41, 5.74) is 0.297. The highest BCUT2D eigenvalue weighted by atomic mass is 16.7. The Hall–Kier alpha value is -1.47. The number of carbonyl (C=O) groups excluding carboxylic acids is 1. The molecule has 1 N–H and O–H groups in total. The third kappa shape index (κ3) is 1.83. The van der Waals surface area contributed by atoms with Gasteiger partial charge in [-0.2, -0.15) is 0 Å². The van der Waals surface area contributed by atoms with E-state index in [1.807, 2.05) is 0 Å². The number of hydroxylamine groups is 2. The molecule has 1 aliphatic heterocycles. The summed E-state index contributed by atoms with van der Waals surface area (Å²) in [6.45, 7) is 1.74. The number of carbonyl (C=O) groups is 1. The van der Waals surface area contributed by atoms with Crippen molar-refractivity contribution in [1.82, 2.24) is 25.4 Å². The van der Waals surface area contributed by atoms with Gasteiger partial charge in [0.05, 0.1) is 19.3 Å². The zero-order valence-electron chi connectivity index (χ0n) is 8.67. The fourth-order valence-electron chi connectivity index (χ4n) is 1.26. The first-order chi connectivity index (χ1) is 7.22. The molecule has 0 atom stereocenters. The largest absolute Gasteiger partial charge is 0.312 e. The van der Waals surface area contributed by atoms with Gasteiger partial charge in [-0.05, 0) is 0 Å². The minimum absolute atomic E-state index is 0.295. The van der Waals surface area contributed by atoms with Gasteiger partial charge in [0.1, 0.15) is 0 Å². The van der Waals surface area contributed by atoms with Crippen molar-refractivity contribution in [3.8, 4) is 0 Å². The van der Waals surface area contributed by atoms with Gasteiger partial charge in [0, 0.05) is 20.1 Å². The van der Waals surface area contributed by atoms with Gasteiger partial charge in [-0.25, -0.2) is 9.75 Å². The lowest BCUT2D eigenvalue weighted by atomic mass is 10.2. The Morgan fingerprint density at radius 1 is 1.73 bits per heavy atom. The van der Waals surface area contributed by atoms with Gasteiger partial charge in [-0.1, -0.05) is 5.21 Å². The van der Waals surface area contributed by atoms with Gasteiger partial charge in [-0.3, -0.25) is 9.63 Å². The Balaban J connectivity index is 2.08. The molecule has 82 valence electrons. The molecule has 0 saturated carbocycles. The first kappa shape index (κ1) is 10.1. The second-order valence-electron chi connectivity index (χ2n) is 3.38. The molecule has 15 heavy (non-hydrogen) atoms. The summed E-state index contributed by atoms with van der Waals surface area (Å²) in [7, 11) is 2.96. The average molecular weight is 211 g/mol. The zero-order valence-corrected chi connectivity index (χ0v) is 8.67. The van der Waals surface area contributed by atoms with E-state index < -0.39 is 0 Å². The fraction of sp³-hybridized carbons (Fsp3) is 0.625. The summed E-state index contributed by atoms with van der Waals surface area (Å²) in [5.74, 6) is -0.295. The first-order valence-electron chi connectivity index (χ1n) is 4.67. The summed E-state index contributed by atoms with van der Waals surface area (Å²) in [4.78, 5) is 16.4. The molecule has 1 amide bonds. The number of amides is 1. The van der Waals surface area contributed by atoms with E-state index in [9.17, 15) is 4.79 Å². The van der Waals surface area contributed by atoms with Gasteiger partial charge in [-0.15, -0.1) is 5.10 Å². The van der Waals surface area contributed by atoms with Crippen LogP contribution in [0.1, 0.15) is 16.5 Å². The van der Waals surface area contributed by atoms with Crippen LogP contribution in [0.5, 0.6) is 0 Å². The number of rotatable bonds is 3. The Morgan fingerprint density at radius 3 is 3.00 bits per heavy atom. The van der Waals surface area contributed by atoms with Crippen LogP contribution < -0.4 is 5.32 Å². The van der Waals surface area contributed by atoms with E-state index in [0.717, 1.165) is 18.2 Å². The highest BCUT2D eigenvalue weighted by Gasteiger charge is 2.22. The topological polar surface area (TPSA) is 72.3 Å². The summed E-state index contributed by atoms with van der Waals surface area (Å²) >= 11 is 0. The lowest BCUT2D eigenvalue weighted by Gasteiger charge is -2.26. The summed E-state index contributed by atoms with van der Waals surface area (Å²) in [6.07, 6.45) is 1.64. The molecule has 1 aromatic rings. The van der Waals surface area contributed by atoms with Crippen LogP contribution in [-0.4, -0.2) is 53.2 Å². The van der Waals surface area contributed by atoms with Crippen LogP contribution in [0, 0.1) is 0 Å². The Bertz CT molecular complexity index is 360. The predicted octanol–water partition coefficient (Wildman–Crippen LogP) is -0.944. The van der Waals surface area contributed by atoms with Crippen molar-refractivity contribution in [2.45, 2.75) is 6.04 Å². The van der Waals surface area contributed by atoms with E-state index in [1.165, 1.54) is 14.2 Å². The third-order valence-corrected chi connectivity index (χ3v) is 2.42. The number of hydrogen-bond donors (Lipinski definition) is 1. The summed E-state index contributed by atoms with van der Waals surface area (Å²) in [5, 5.41) is 11.9. The standard InChI is InChI=1S/C8H13N5O2/c1-12(15-2)8(14)7-5-13(11-10-7)6-3-9-4-6/h5-6,9H,3-4H2,1-2H3. The maximum atomic E-state index is 11.6. The quantitative estimate of drug-likeness (QED) is 0.653. The number of aromatic nitrogens is 3. The lowest BCUT2D eigenvalue weighted by Crippen LogP contribution is -2.43. The van der Waals surface area contributed by atoms with Crippen molar-refractivity contribution in [3.63, 3.8) is 0 Å². The van der Waals surface area contributed by atoms with Crippen molar-refractivity contribution in [2.24, 2.45) is 0 Å². The van der Waals surface area contributed by atoms with E-state index in [-0.39, 0.29) is 5.91 Å². The van der Waals surface area contributed by atoms with Gasteiger partial charge in [0.15, 0.2) is 5.69 Å². The van der Waals surface area contributed by atoms with E-state index in [2.05, 4.69) is 15.6 Å². The minimum atomic E-state index is -0.295. The Kier molecular flexibility index (Phi) is 2.65. The fourth-order valence-corrected chi connectivity index (χ4v) is 1.26. The van der Waals surface area contributed by atoms with Crippen LogP contribution in [-0.2, 0) is 4.84 Å². The molecule has 0 aromatic carbocycles. The molecule has 1 fully saturated rings. The van der Waals surface area contributed by atoms with Crippen LogP contribution in [0.25, 0.3) is 0 Å². The summed E-state index contributed by atoms with van der Waals surface area (Å²) in [6, 6.07) is 0.312. The van der Waals surface area contributed by atoms with E-state index >= 15 is 0 Å². The third-order valence-electron chi connectivity index (χ3n) is 2.42. The van der Waals surface area contributed by atoms with Crippen molar-refractivity contribution >= 4 is 5.91 Å². The van der Waals surface area contributed by atoms with Crippen LogP contribution in [0.3, 0.4) is 0 Å². The average Bonchev–Trinajstić information content (AvgIpc) is 2.62. The molecule has 0 spiro atoms. The minimum Gasteiger partial charge on any atom is -0.312 e. The molecule has 2 heterocycles. The SMILES string of the molecule is CON(C)C(=O)c1cn(C2CNC2)nn1. The molecule has 0 bridgehead atoms. The van der Waals surface area contributed by atoms with Crippen molar-refractivity contribution in [1.29, 1.82) is 0 Å². The van der Waals surface area contributed by atoms with Crippen molar-refractivity contribution in [3.05, 3.63) is 11.9 Å². The molecular weight excluding hydrogens is 198 g/mol. The van der Waals surface area contributed by atoms with Gasteiger partial charge >= 0.3 is 0 Å². The number of hydrogen-bond acceptors (Lipinski definition) is 5. The van der Waals surface area contributed by atoms with Gasteiger partial charge in [0.2, 0.25) is 0 Å². The Morgan fingerprint density at radius 2 is 2.47 bits per heavy atom. The Labute approximate surface area is 86.9 Å². The summed E-state index contributed by atoms with van der Waals surface area (Å²) < 4.78 is 1.70. The van der Waals surface area contributed by atoms with E-state index in [1.54, 1.807) is 10.9 Å². The molecule has 1 aromatic heterocycles. The smallest absolute Gasteiger partial charge is 0.299 e. The molecule has 0 radical (unpaired) electrons. The molecule has 7 heteroatoms. The predicted molar refractivity (Wildman–Crippen MR) is 51.0 cm³/mol. The normalized spacial score (nSPS) is 16.1. The van der Waals surface area contributed by atoms with E-state index in [4.69, 9.17) is 4.84 Å². The second kappa shape index (κ2) is 3.95. The maximum absolute atomic E-state index is 11.6. The molecule has 1 aliphatic rings. The van der Waals surface area contributed by atoms with Crippen LogP contribution >= 0.6 is 0 Å². The molecule has 7 nitrogen and oxygen atoms in total. The second-order valence-corrected chi connectivity index (χ2v) is 3.38. The van der Waals surface area contributed by atoms with Crippen LogP contribution in [0.15, 0.2) is 6.20 Å². The molecule has 0 unspecified atom stereocenters. The van der Waals surface area contributed by atoms with E-state index in [0.29, 0.717) is 11.7 Å². The van der Waals surface area contributed by atoms with Crippen LogP contribution in [0.4, 0.5) is 0 Å². The molecule has 1 saturated heterocycles. The van der Waals surface area contributed by atoms with Crippen LogP contribution in [0.2, 0.25) is 0 Å². The molecule has 0 aliphatic carbocycles. The first-order valence-corrected chi connectivity index (χ1v) is 4.67. The van der Waals surface area contributed by atoms with Crippen molar-refractivity contribution in [2.75, 3.05) is 27.2 Å². The highest BCUT2D eigenvalue weighted by molar-refractivity contribution is 5.90. The maximum Gasteiger partial charge on any atom is 0.299 e. The van der Waals surface area contributed by atoms with Crippen molar-refractivity contribution < 1.29 is 9.63 Å². The molecular formula is C8H13N5O2. The molecule has 2 rings (SSSR count). The van der Waals surface area contributed by atoms with Gasteiger partial charge < -0.3 is 5.32 Å². The number of nitrogens with zero attached hydrogens (tertiary/aromatic N) is 4. The zero-order chi connectivity index (χ0) is 10.8. The lowest BCUT2D eigenvalue weighted by molar-refractivity contribution is -0.0760. The number of nitrogens with one attached hydrogen (secondary N) is 1. The monoisotopic (exact) mass is 211 g/mol. The van der Waals surface area contributed by atoms with Gasteiger partial charge in [0.25, 0.3) is 5.91 Å².